The normalized spacial score (nSPS) is 12.8. The summed E-state index contributed by atoms with van der Waals surface area (Å²) in [6.45, 7) is -0.432. The molecule has 6 nitrogen and oxygen atoms in total. The number of aromatic amines is 1. The van der Waals surface area contributed by atoms with E-state index in [1.165, 1.54) is 0 Å². The van der Waals surface area contributed by atoms with E-state index < -0.39 is 24.6 Å². The van der Waals surface area contributed by atoms with Gasteiger partial charge in [0.1, 0.15) is 11.8 Å². The lowest BCUT2D eigenvalue weighted by Crippen LogP contribution is -2.28. The van der Waals surface area contributed by atoms with E-state index in [1.54, 1.807) is 0 Å². The van der Waals surface area contributed by atoms with Gasteiger partial charge in [-0.25, -0.2) is 13.8 Å². The second-order valence-electron chi connectivity index (χ2n) is 2.78. The molecule has 1 aromatic rings. The highest BCUT2D eigenvalue weighted by atomic mass is 19.3. The molecule has 1 atom stereocenters. The molecule has 1 unspecified atom stereocenters. The molecular weight excluding hydrogens is 210 g/mol. The van der Waals surface area contributed by atoms with Crippen molar-refractivity contribution in [3.8, 4) is 0 Å². The summed E-state index contributed by atoms with van der Waals surface area (Å²) in [7, 11) is 0. The molecule has 0 spiro atoms. The Morgan fingerprint density at radius 3 is 2.93 bits per heavy atom. The Balaban J connectivity index is 2.66. The minimum absolute atomic E-state index is 0.0292. The van der Waals surface area contributed by atoms with Gasteiger partial charge in [0, 0.05) is 6.54 Å². The van der Waals surface area contributed by atoms with Crippen molar-refractivity contribution >= 4 is 11.5 Å². The van der Waals surface area contributed by atoms with Crippen LogP contribution in [0.2, 0.25) is 0 Å². The van der Waals surface area contributed by atoms with Crippen LogP contribution < -0.4 is 16.6 Å². The van der Waals surface area contributed by atoms with Gasteiger partial charge in [0.2, 0.25) is 0 Å². The minimum Gasteiger partial charge on any atom is -0.391 e. The smallest absolute Gasteiger partial charge is 0.276 e. The molecule has 84 valence electrons. The Kier molecular flexibility index (Phi) is 3.56. The number of H-pyrrole nitrogens is 1. The van der Waals surface area contributed by atoms with Crippen molar-refractivity contribution in [2.75, 3.05) is 17.6 Å². The minimum atomic E-state index is -2.86. The van der Waals surface area contributed by atoms with Gasteiger partial charge in [-0.3, -0.25) is 4.79 Å². The third-order valence-electron chi connectivity index (χ3n) is 1.66. The second-order valence-corrected chi connectivity index (χ2v) is 2.78. The summed E-state index contributed by atoms with van der Waals surface area (Å²) in [5.74, 6) is -0.0292. The molecule has 5 N–H and O–H groups in total. The zero-order valence-corrected chi connectivity index (χ0v) is 7.58. The van der Waals surface area contributed by atoms with Crippen LogP contribution in [0.15, 0.2) is 11.1 Å². The lowest BCUT2D eigenvalue weighted by molar-refractivity contribution is 0.00381. The average Bonchev–Trinajstić information content (AvgIpc) is 2.19. The SMILES string of the molecule is Nc1c(NCC(O)C(F)F)nc[nH]c1=O. The number of aromatic nitrogens is 2. The fourth-order valence-corrected chi connectivity index (χ4v) is 0.841. The van der Waals surface area contributed by atoms with Crippen molar-refractivity contribution in [1.82, 2.24) is 9.97 Å². The van der Waals surface area contributed by atoms with E-state index in [0.717, 1.165) is 6.33 Å². The molecule has 8 heteroatoms. The van der Waals surface area contributed by atoms with Crippen LogP contribution in [0.4, 0.5) is 20.3 Å². The summed E-state index contributed by atoms with van der Waals surface area (Å²) < 4.78 is 23.8. The fraction of sp³-hybridized carbons (Fsp3) is 0.429. The first-order valence-electron chi connectivity index (χ1n) is 4.05. The highest BCUT2D eigenvalue weighted by molar-refractivity contribution is 5.58. The molecule has 0 amide bonds. The standard InChI is InChI=1S/C7H10F2N4O2/c8-5(9)3(14)1-11-6-4(10)7(15)13-2-12-6/h2-3,5,14H,1,10H2,(H2,11,12,13,15). The van der Waals surface area contributed by atoms with Crippen LogP contribution in [0.1, 0.15) is 0 Å². The molecule has 0 fully saturated rings. The van der Waals surface area contributed by atoms with Crippen molar-refractivity contribution in [2.45, 2.75) is 12.5 Å². The number of nitrogens with zero attached hydrogens (tertiary/aromatic N) is 1. The van der Waals surface area contributed by atoms with E-state index in [4.69, 9.17) is 10.8 Å². The van der Waals surface area contributed by atoms with E-state index in [9.17, 15) is 13.6 Å². The summed E-state index contributed by atoms with van der Waals surface area (Å²) in [6.07, 6.45) is -3.61. The van der Waals surface area contributed by atoms with Crippen molar-refractivity contribution in [2.24, 2.45) is 0 Å². The van der Waals surface area contributed by atoms with Crippen LogP contribution in [0, 0.1) is 0 Å². The number of aliphatic hydroxyl groups excluding tert-OH is 1. The molecule has 0 saturated heterocycles. The number of nitrogen functional groups attached to an aromatic ring is 1. The maximum absolute atomic E-state index is 11.9. The quantitative estimate of drug-likeness (QED) is 0.542. The number of nitrogens with two attached hydrogens (primary N) is 1. The fourth-order valence-electron chi connectivity index (χ4n) is 0.841. The van der Waals surface area contributed by atoms with Crippen LogP contribution in [0.25, 0.3) is 0 Å². The Bertz CT molecular complexity index is 381. The van der Waals surface area contributed by atoms with Gasteiger partial charge in [-0.1, -0.05) is 0 Å². The van der Waals surface area contributed by atoms with Crippen LogP contribution in [0.5, 0.6) is 0 Å². The van der Waals surface area contributed by atoms with Crippen LogP contribution in [-0.4, -0.2) is 34.1 Å². The summed E-state index contributed by atoms with van der Waals surface area (Å²) in [5, 5.41) is 11.1. The summed E-state index contributed by atoms with van der Waals surface area (Å²) >= 11 is 0. The topological polar surface area (TPSA) is 104 Å². The highest BCUT2D eigenvalue weighted by Gasteiger charge is 2.17. The molecule has 1 rings (SSSR count). The summed E-state index contributed by atoms with van der Waals surface area (Å²) in [6, 6.07) is 0. The van der Waals surface area contributed by atoms with Crippen LogP contribution >= 0.6 is 0 Å². The van der Waals surface area contributed by atoms with Gasteiger partial charge < -0.3 is 21.1 Å². The molecule has 0 radical (unpaired) electrons. The molecule has 15 heavy (non-hydrogen) atoms. The Hall–Kier alpha value is -1.70. The number of rotatable bonds is 4. The van der Waals surface area contributed by atoms with Gasteiger partial charge in [0.25, 0.3) is 12.0 Å². The largest absolute Gasteiger partial charge is 0.391 e. The third-order valence-corrected chi connectivity index (χ3v) is 1.66. The van der Waals surface area contributed by atoms with E-state index in [-0.39, 0.29) is 11.5 Å². The number of anilines is 2. The van der Waals surface area contributed by atoms with E-state index in [0.29, 0.717) is 0 Å². The second kappa shape index (κ2) is 4.69. The van der Waals surface area contributed by atoms with E-state index in [1.807, 2.05) is 0 Å². The molecule has 1 aromatic heterocycles. The first-order chi connectivity index (χ1) is 7.02. The molecular formula is C7H10F2N4O2. The lowest BCUT2D eigenvalue weighted by atomic mass is 10.3. The van der Waals surface area contributed by atoms with Crippen molar-refractivity contribution in [3.63, 3.8) is 0 Å². The molecule has 0 aliphatic heterocycles. The lowest BCUT2D eigenvalue weighted by Gasteiger charge is -2.11. The predicted octanol–water partition coefficient (Wildman–Crippen LogP) is -0.610. The van der Waals surface area contributed by atoms with Crippen LogP contribution in [0.3, 0.4) is 0 Å². The highest BCUT2D eigenvalue weighted by Crippen LogP contribution is 2.08. The van der Waals surface area contributed by atoms with Crippen molar-refractivity contribution < 1.29 is 13.9 Å². The zero-order chi connectivity index (χ0) is 11.4. The number of hydrogen-bond donors (Lipinski definition) is 4. The summed E-state index contributed by atoms with van der Waals surface area (Å²) in [4.78, 5) is 16.8. The van der Waals surface area contributed by atoms with Crippen molar-refractivity contribution in [1.29, 1.82) is 0 Å². The van der Waals surface area contributed by atoms with Gasteiger partial charge in [0.15, 0.2) is 5.82 Å². The van der Waals surface area contributed by atoms with E-state index in [2.05, 4.69) is 15.3 Å². The summed E-state index contributed by atoms with van der Waals surface area (Å²) in [5.41, 5.74) is 4.53. The average molecular weight is 220 g/mol. The molecule has 0 saturated carbocycles. The first-order valence-corrected chi connectivity index (χ1v) is 4.05. The number of nitrogens with one attached hydrogen (secondary N) is 2. The first kappa shape index (κ1) is 11.4. The van der Waals surface area contributed by atoms with Crippen LogP contribution in [-0.2, 0) is 0 Å². The molecule has 0 aliphatic carbocycles. The molecule has 1 heterocycles. The third kappa shape index (κ3) is 2.88. The zero-order valence-electron chi connectivity index (χ0n) is 7.58. The van der Waals surface area contributed by atoms with Gasteiger partial charge in [-0.2, -0.15) is 0 Å². The number of hydrogen-bond acceptors (Lipinski definition) is 5. The number of alkyl halides is 2. The predicted molar refractivity (Wildman–Crippen MR) is 49.8 cm³/mol. The maximum Gasteiger partial charge on any atom is 0.276 e. The Morgan fingerprint density at radius 2 is 2.33 bits per heavy atom. The van der Waals surface area contributed by atoms with Gasteiger partial charge >= 0.3 is 0 Å². The Labute approximate surface area is 83.1 Å². The number of aliphatic hydroxyl groups is 1. The van der Waals surface area contributed by atoms with Crippen molar-refractivity contribution in [3.05, 3.63) is 16.7 Å². The Morgan fingerprint density at radius 1 is 1.67 bits per heavy atom. The molecule has 0 aliphatic rings. The monoisotopic (exact) mass is 220 g/mol. The van der Waals surface area contributed by atoms with Gasteiger partial charge in [0.05, 0.1) is 6.33 Å². The van der Waals surface area contributed by atoms with Gasteiger partial charge in [-0.15, -0.1) is 0 Å². The number of halogens is 2. The maximum atomic E-state index is 11.9. The van der Waals surface area contributed by atoms with Gasteiger partial charge in [-0.05, 0) is 0 Å². The molecule has 0 bridgehead atoms. The molecule has 0 aromatic carbocycles. The van der Waals surface area contributed by atoms with E-state index >= 15 is 0 Å².